The van der Waals surface area contributed by atoms with Crippen molar-refractivity contribution in [2.45, 2.75) is 26.7 Å². The molecule has 0 unspecified atom stereocenters. The Morgan fingerprint density at radius 3 is 3.00 bits per heavy atom. The Morgan fingerprint density at radius 2 is 2.20 bits per heavy atom. The van der Waals surface area contributed by atoms with E-state index in [-0.39, 0.29) is 0 Å². The van der Waals surface area contributed by atoms with Crippen molar-refractivity contribution < 1.29 is 0 Å². The number of anilines is 1. The predicted octanol–water partition coefficient (Wildman–Crippen LogP) is 2.11. The first kappa shape index (κ1) is 13.0. The number of hydrogen-bond donors (Lipinski definition) is 1. The number of aryl methyl sites for hydroxylation is 2. The van der Waals surface area contributed by atoms with Gasteiger partial charge in [-0.1, -0.05) is 6.92 Å². The highest BCUT2D eigenvalue weighted by Crippen LogP contribution is 2.11. The molecule has 3 aromatic rings. The summed E-state index contributed by atoms with van der Waals surface area (Å²) in [5.74, 6) is 1.61. The Bertz CT molecular complexity index is 717. The zero-order valence-corrected chi connectivity index (χ0v) is 12.3. The Morgan fingerprint density at radius 1 is 1.30 bits per heavy atom. The third kappa shape index (κ3) is 2.62. The van der Waals surface area contributed by atoms with Gasteiger partial charge in [0.15, 0.2) is 11.5 Å². The van der Waals surface area contributed by atoms with E-state index in [0.717, 1.165) is 42.4 Å². The average molecular weight is 288 g/mol. The number of rotatable bonds is 5. The Labute approximate surface area is 120 Å². The van der Waals surface area contributed by atoms with E-state index in [4.69, 9.17) is 0 Å². The molecule has 1 N–H and O–H groups in total. The topological polar surface area (TPSA) is 68.0 Å². The van der Waals surface area contributed by atoms with Crippen molar-refractivity contribution >= 4 is 22.8 Å². The highest BCUT2D eigenvalue weighted by Gasteiger charge is 2.04. The van der Waals surface area contributed by atoms with E-state index in [1.54, 1.807) is 15.9 Å². The molecule has 0 radical (unpaired) electrons. The quantitative estimate of drug-likeness (QED) is 0.778. The number of thiazole rings is 1. The van der Waals surface area contributed by atoms with Crippen molar-refractivity contribution in [3.63, 3.8) is 0 Å². The molecule has 0 aromatic carbocycles. The van der Waals surface area contributed by atoms with Crippen LogP contribution in [0.25, 0.3) is 5.65 Å². The fraction of sp³-hybridized carbons (Fsp3) is 0.385. The largest absolute Gasteiger partial charge is 0.368 e. The number of fused-ring (bicyclic) bond motifs is 1. The second-order valence-electron chi connectivity index (χ2n) is 4.50. The molecule has 3 rings (SSSR count). The van der Waals surface area contributed by atoms with Gasteiger partial charge in [0.1, 0.15) is 5.82 Å². The maximum atomic E-state index is 4.55. The molecule has 3 aromatic heterocycles. The van der Waals surface area contributed by atoms with Gasteiger partial charge >= 0.3 is 0 Å². The van der Waals surface area contributed by atoms with E-state index in [0.29, 0.717) is 0 Å². The van der Waals surface area contributed by atoms with Crippen molar-refractivity contribution in [2.24, 2.45) is 0 Å². The minimum absolute atomic E-state index is 0.764. The summed E-state index contributed by atoms with van der Waals surface area (Å²) < 4.78 is 1.74. The third-order valence-electron chi connectivity index (χ3n) is 3.01. The summed E-state index contributed by atoms with van der Waals surface area (Å²) in [5.41, 5.74) is 1.90. The molecule has 20 heavy (non-hydrogen) atoms. The first-order valence-electron chi connectivity index (χ1n) is 6.62. The van der Waals surface area contributed by atoms with E-state index >= 15 is 0 Å². The molecule has 0 fully saturated rings. The van der Waals surface area contributed by atoms with Gasteiger partial charge in [0.2, 0.25) is 0 Å². The molecule has 3 heterocycles. The summed E-state index contributed by atoms with van der Waals surface area (Å²) >= 11 is 1.73. The average Bonchev–Trinajstić information content (AvgIpc) is 3.06. The molecule has 0 atom stereocenters. The van der Waals surface area contributed by atoms with Gasteiger partial charge in [0.05, 0.1) is 10.7 Å². The minimum Gasteiger partial charge on any atom is -0.368 e. The number of aromatic nitrogens is 5. The zero-order valence-electron chi connectivity index (χ0n) is 11.5. The first-order valence-corrected chi connectivity index (χ1v) is 7.50. The SMILES string of the molecule is CCc1nc(CCNc2ccc3nnc(C)n3n2)cs1. The number of hydrogen-bond acceptors (Lipinski definition) is 6. The molecule has 0 aliphatic carbocycles. The zero-order chi connectivity index (χ0) is 13.9. The van der Waals surface area contributed by atoms with Gasteiger partial charge in [-0.15, -0.1) is 26.6 Å². The lowest BCUT2D eigenvalue weighted by molar-refractivity contribution is 0.864. The summed E-state index contributed by atoms with van der Waals surface area (Å²) in [5, 5.41) is 19.1. The van der Waals surface area contributed by atoms with Gasteiger partial charge in [-0.2, -0.15) is 4.52 Å². The fourth-order valence-electron chi connectivity index (χ4n) is 1.94. The molecule has 0 saturated carbocycles. The van der Waals surface area contributed by atoms with Crippen LogP contribution in [0.4, 0.5) is 5.82 Å². The van der Waals surface area contributed by atoms with Crippen LogP contribution in [0.15, 0.2) is 17.5 Å². The van der Waals surface area contributed by atoms with Crippen molar-refractivity contribution in [1.82, 2.24) is 24.8 Å². The molecule has 0 bridgehead atoms. The summed E-state index contributed by atoms with van der Waals surface area (Å²) in [4.78, 5) is 4.55. The maximum absolute atomic E-state index is 4.55. The van der Waals surface area contributed by atoms with Crippen LogP contribution >= 0.6 is 11.3 Å². The Kier molecular flexibility index (Phi) is 3.60. The van der Waals surface area contributed by atoms with E-state index in [1.165, 1.54) is 5.01 Å². The molecule has 0 saturated heterocycles. The van der Waals surface area contributed by atoms with Crippen molar-refractivity contribution in [2.75, 3.05) is 11.9 Å². The summed E-state index contributed by atoms with van der Waals surface area (Å²) in [6.45, 7) is 4.83. The molecular weight excluding hydrogens is 272 g/mol. The number of nitrogens with zero attached hydrogens (tertiary/aromatic N) is 5. The van der Waals surface area contributed by atoms with Crippen LogP contribution in [-0.4, -0.2) is 31.3 Å². The number of nitrogens with one attached hydrogen (secondary N) is 1. The van der Waals surface area contributed by atoms with Gasteiger partial charge in [-0.05, 0) is 25.5 Å². The molecule has 104 valence electrons. The molecule has 0 amide bonds. The van der Waals surface area contributed by atoms with Crippen molar-refractivity contribution in [3.05, 3.63) is 34.0 Å². The highest BCUT2D eigenvalue weighted by atomic mass is 32.1. The van der Waals surface area contributed by atoms with E-state index < -0.39 is 0 Å². The lowest BCUT2D eigenvalue weighted by Crippen LogP contribution is -2.08. The molecule has 7 heteroatoms. The lowest BCUT2D eigenvalue weighted by Gasteiger charge is -2.04. The van der Waals surface area contributed by atoms with Crippen molar-refractivity contribution in [1.29, 1.82) is 0 Å². The Balaban J connectivity index is 1.63. The minimum atomic E-state index is 0.764. The normalized spacial score (nSPS) is 11.1. The smallest absolute Gasteiger partial charge is 0.178 e. The maximum Gasteiger partial charge on any atom is 0.178 e. The van der Waals surface area contributed by atoms with Gasteiger partial charge in [0.25, 0.3) is 0 Å². The standard InChI is InChI=1S/C13H16N6S/c1-3-13-15-10(8-20-13)6-7-14-11-4-5-12-17-16-9(2)19(12)18-11/h4-5,8H,3,6-7H2,1-2H3,(H,14,18). The van der Waals surface area contributed by atoms with E-state index in [9.17, 15) is 0 Å². The second kappa shape index (κ2) is 5.54. The van der Waals surface area contributed by atoms with Crippen LogP contribution < -0.4 is 5.32 Å². The third-order valence-corrected chi connectivity index (χ3v) is 4.05. The summed E-state index contributed by atoms with van der Waals surface area (Å²) in [6.07, 6.45) is 1.90. The fourth-order valence-corrected chi connectivity index (χ4v) is 2.71. The van der Waals surface area contributed by atoms with Gasteiger partial charge < -0.3 is 5.32 Å². The van der Waals surface area contributed by atoms with Crippen LogP contribution in [0.2, 0.25) is 0 Å². The van der Waals surface area contributed by atoms with E-state index in [2.05, 4.69) is 37.9 Å². The first-order chi connectivity index (χ1) is 9.76. The van der Waals surface area contributed by atoms with Crippen molar-refractivity contribution in [3.8, 4) is 0 Å². The molecular formula is C13H16N6S. The predicted molar refractivity (Wildman–Crippen MR) is 79.2 cm³/mol. The van der Waals surface area contributed by atoms with Crippen LogP contribution in [0.3, 0.4) is 0 Å². The highest BCUT2D eigenvalue weighted by molar-refractivity contribution is 7.09. The Hall–Kier alpha value is -2.02. The monoisotopic (exact) mass is 288 g/mol. The summed E-state index contributed by atoms with van der Waals surface area (Å²) in [6, 6.07) is 3.83. The van der Waals surface area contributed by atoms with Crippen LogP contribution in [0, 0.1) is 6.92 Å². The molecule has 0 spiro atoms. The van der Waals surface area contributed by atoms with Gasteiger partial charge in [-0.25, -0.2) is 4.98 Å². The van der Waals surface area contributed by atoms with Gasteiger partial charge in [-0.3, -0.25) is 0 Å². The molecule has 0 aliphatic rings. The molecule has 0 aliphatic heterocycles. The molecule has 6 nitrogen and oxygen atoms in total. The van der Waals surface area contributed by atoms with Crippen LogP contribution in [-0.2, 0) is 12.8 Å². The van der Waals surface area contributed by atoms with Crippen LogP contribution in [0.5, 0.6) is 0 Å². The van der Waals surface area contributed by atoms with Gasteiger partial charge in [0, 0.05) is 18.3 Å². The van der Waals surface area contributed by atoms with Crippen LogP contribution in [0.1, 0.15) is 23.4 Å². The lowest BCUT2D eigenvalue weighted by atomic mass is 10.3. The van der Waals surface area contributed by atoms with E-state index in [1.807, 2.05) is 19.1 Å². The summed E-state index contributed by atoms with van der Waals surface area (Å²) in [7, 11) is 0. The second-order valence-corrected chi connectivity index (χ2v) is 5.44.